The molecule has 2 aromatic rings. The Labute approximate surface area is 141 Å². The number of carbonyl (C=O) groups excluding carboxylic acids is 1. The van der Waals surface area contributed by atoms with Crippen molar-refractivity contribution in [3.63, 3.8) is 0 Å². The highest BCUT2D eigenvalue weighted by molar-refractivity contribution is 5.86. The van der Waals surface area contributed by atoms with E-state index in [4.69, 9.17) is 4.74 Å². The summed E-state index contributed by atoms with van der Waals surface area (Å²) >= 11 is 0. The number of benzene rings is 2. The number of carbonyl (C=O) groups is 1. The van der Waals surface area contributed by atoms with Gasteiger partial charge in [0.05, 0.1) is 19.2 Å². The van der Waals surface area contributed by atoms with Gasteiger partial charge in [-0.1, -0.05) is 42.0 Å². The summed E-state index contributed by atoms with van der Waals surface area (Å²) in [6.45, 7) is 2.07. The normalized spacial score (nSPS) is 28.5. The molecule has 1 amide bonds. The molecule has 4 atom stereocenters. The summed E-state index contributed by atoms with van der Waals surface area (Å²) in [7, 11) is 1.66. The topological polar surface area (TPSA) is 62.4 Å². The van der Waals surface area contributed by atoms with Crippen molar-refractivity contribution in [1.82, 2.24) is 16.2 Å². The van der Waals surface area contributed by atoms with Crippen molar-refractivity contribution in [2.45, 2.75) is 25.0 Å². The predicted molar refractivity (Wildman–Crippen MR) is 91.3 cm³/mol. The van der Waals surface area contributed by atoms with Crippen molar-refractivity contribution in [2.75, 3.05) is 7.11 Å². The molecule has 2 fully saturated rings. The van der Waals surface area contributed by atoms with Crippen LogP contribution >= 0.6 is 0 Å². The van der Waals surface area contributed by atoms with Crippen LogP contribution in [0.1, 0.15) is 28.8 Å². The summed E-state index contributed by atoms with van der Waals surface area (Å²) in [4.78, 5) is 12.4. The van der Waals surface area contributed by atoms with Crippen molar-refractivity contribution < 1.29 is 9.53 Å². The molecule has 124 valence electrons. The lowest BCUT2D eigenvalue weighted by Gasteiger charge is -2.24. The maximum absolute atomic E-state index is 12.4. The number of rotatable bonds is 3. The van der Waals surface area contributed by atoms with Gasteiger partial charge in [0.1, 0.15) is 11.8 Å². The molecule has 0 aromatic heterocycles. The van der Waals surface area contributed by atoms with E-state index in [0.717, 1.165) is 16.9 Å². The standard InChI is InChI=1S/C19H21N3O2/c1-11-3-5-12(6-4-11)16-15-17(21-22-18(15)19(23)20-16)13-7-9-14(24-2)10-8-13/h3-10,15-18,21-22H,1-2H3,(H,20,23). The average Bonchev–Trinajstić information content (AvgIpc) is 3.18. The van der Waals surface area contributed by atoms with Crippen molar-refractivity contribution >= 4 is 5.91 Å². The maximum atomic E-state index is 12.4. The second-order valence-corrected chi connectivity index (χ2v) is 6.49. The monoisotopic (exact) mass is 323 g/mol. The summed E-state index contributed by atoms with van der Waals surface area (Å²) in [5.41, 5.74) is 9.97. The summed E-state index contributed by atoms with van der Waals surface area (Å²) < 4.78 is 5.23. The highest BCUT2D eigenvalue weighted by Gasteiger charge is 2.51. The van der Waals surface area contributed by atoms with E-state index in [0.29, 0.717) is 0 Å². The lowest BCUT2D eigenvalue weighted by atomic mass is 9.83. The lowest BCUT2D eigenvalue weighted by Crippen LogP contribution is -2.39. The highest BCUT2D eigenvalue weighted by Crippen LogP contribution is 2.42. The lowest BCUT2D eigenvalue weighted by molar-refractivity contribution is -0.121. The van der Waals surface area contributed by atoms with Gasteiger partial charge in [0.2, 0.25) is 5.91 Å². The zero-order valence-electron chi connectivity index (χ0n) is 13.7. The molecular weight excluding hydrogens is 302 g/mol. The number of ether oxygens (including phenoxy) is 1. The quantitative estimate of drug-likeness (QED) is 0.809. The van der Waals surface area contributed by atoms with Crippen molar-refractivity contribution in [2.24, 2.45) is 5.92 Å². The van der Waals surface area contributed by atoms with Crippen LogP contribution in [0.15, 0.2) is 48.5 Å². The van der Waals surface area contributed by atoms with Crippen LogP contribution in [0.3, 0.4) is 0 Å². The van der Waals surface area contributed by atoms with Crippen LogP contribution in [-0.2, 0) is 4.79 Å². The number of hydrazine groups is 1. The first-order valence-electron chi connectivity index (χ1n) is 8.19. The third-order valence-electron chi connectivity index (χ3n) is 5.04. The summed E-state index contributed by atoms with van der Waals surface area (Å²) in [6.07, 6.45) is 0. The minimum absolute atomic E-state index is 0.00213. The number of methoxy groups -OCH3 is 1. The second-order valence-electron chi connectivity index (χ2n) is 6.49. The first-order valence-corrected chi connectivity index (χ1v) is 8.19. The van der Waals surface area contributed by atoms with Crippen LogP contribution in [0.4, 0.5) is 0 Å². The molecule has 5 nitrogen and oxygen atoms in total. The van der Waals surface area contributed by atoms with E-state index in [-0.39, 0.29) is 30.0 Å². The van der Waals surface area contributed by atoms with Crippen LogP contribution in [-0.4, -0.2) is 19.1 Å². The Morgan fingerprint density at radius 3 is 2.08 bits per heavy atom. The number of aryl methyl sites for hydroxylation is 1. The van der Waals surface area contributed by atoms with Gasteiger partial charge in [-0.25, -0.2) is 10.9 Å². The van der Waals surface area contributed by atoms with E-state index < -0.39 is 0 Å². The summed E-state index contributed by atoms with van der Waals surface area (Å²) in [5, 5.41) is 3.15. The molecule has 2 saturated heterocycles. The minimum Gasteiger partial charge on any atom is -0.497 e. The van der Waals surface area contributed by atoms with Crippen molar-refractivity contribution in [3.05, 3.63) is 65.2 Å². The van der Waals surface area contributed by atoms with Crippen LogP contribution in [0.5, 0.6) is 5.75 Å². The molecule has 5 heteroatoms. The molecular formula is C19H21N3O2. The largest absolute Gasteiger partial charge is 0.497 e. The van der Waals surface area contributed by atoms with Crippen molar-refractivity contribution in [3.8, 4) is 5.75 Å². The number of nitrogens with one attached hydrogen (secondary N) is 3. The van der Waals surface area contributed by atoms with E-state index in [9.17, 15) is 4.79 Å². The van der Waals surface area contributed by atoms with E-state index in [2.05, 4.69) is 59.5 Å². The Balaban J connectivity index is 1.67. The molecule has 2 aromatic carbocycles. The van der Waals surface area contributed by atoms with Gasteiger partial charge in [0.25, 0.3) is 0 Å². The van der Waals surface area contributed by atoms with Gasteiger partial charge in [-0.05, 0) is 30.2 Å². The number of hydrogen-bond acceptors (Lipinski definition) is 4. The zero-order valence-corrected chi connectivity index (χ0v) is 13.7. The van der Waals surface area contributed by atoms with Crippen LogP contribution < -0.4 is 20.9 Å². The third-order valence-corrected chi connectivity index (χ3v) is 5.04. The molecule has 0 radical (unpaired) electrons. The molecule has 2 heterocycles. The minimum atomic E-state index is -0.219. The van der Waals surface area contributed by atoms with Crippen LogP contribution in [0.25, 0.3) is 0 Å². The highest BCUT2D eigenvalue weighted by atomic mass is 16.5. The number of hydrogen-bond donors (Lipinski definition) is 3. The molecule has 4 unspecified atom stereocenters. The zero-order chi connectivity index (χ0) is 16.7. The molecule has 4 rings (SSSR count). The molecule has 3 N–H and O–H groups in total. The smallest absolute Gasteiger partial charge is 0.239 e. The molecule has 0 aliphatic carbocycles. The first kappa shape index (κ1) is 15.2. The van der Waals surface area contributed by atoms with Gasteiger partial charge >= 0.3 is 0 Å². The van der Waals surface area contributed by atoms with Gasteiger partial charge in [-0.3, -0.25) is 4.79 Å². The summed E-state index contributed by atoms with van der Waals surface area (Å²) in [6, 6.07) is 16.2. The molecule has 2 aliphatic rings. The molecule has 0 bridgehead atoms. The summed E-state index contributed by atoms with van der Waals surface area (Å²) in [5.74, 6) is 1.000. The predicted octanol–water partition coefficient (Wildman–Crippen LogP) is 2.01. The molecule has 24 heavy (non-hydrogen) atoms. The Bertz CT molecular complexity index is 742. The van der Waals surface area contributed by atoms with Crippen LogP contribution in [0.2, 0.25) is 0 Å². The van der Waals surface area contributed by atoms with Gasteiger partial charge in [-0.15, -0.1) is 0 Å². The average molecular weight is 323 g/mol. The third kappa shape index (κ3) is 2.46. The van der Waals surface area contributed by atoms with Gasteiger partial charge in [0, 0.05) is 5.92 Å². The Hall–Kier alpha value is -2.37. The van der Waals surface area contributed by atoms with E-state index in [1.807, 2.05) is 12.1 Å². The molecule has 0 saturated carbocycles. The SMILES string of the molecule is COc1ccc(C2NNC3C(=O)NC(c4ccc(C)cc4)C32)cc1. The van der Waals surface area contributed by atoms with E-state index >= 15 is 0 Å². The van der Waals surface area contributed by atoms with Gasteiger partial charge < -0.3 is 10.1 Å². The Kier molecular flexibility index (Phi) is 3.75. The number of amides is 1. The Morgan fingerprint density at radius 1 is 0.833 bits per heavy atom. The fourth-order valence-corrected chi connectivity index (χ4v) is 3.73. The first-order chi connectivity index (χ1) is 11.7. The van der Waals surface area contributed by atoms with E-state index in [1.54, 1.807) is 7.11 Å². The maximum Gasteiger partial charge on any atom is 0.239 e. The van der Waals surface area contributed by atoms with Crippen molar-refractivity contribution in [1.29, 1.82) is 0 Å². The fraction of sp³-hybridized carbons (Fsp3) is 0.316. The fourth-order valence-electron chi connectivity index (χ4n) is 3.73. The van der Waals surface area contributed by atoms with Gasteiger partial charge in [-0.2, -0.15) is 0 Å². The van der Waals surface area contributed by atoms with E-state index in [1.165, 1.54) is 5.56 Å². The second kappa shape index (κ2) is 5.92. The molecule has 0 spiro atoms. The molecule has 2 aliphatic heterocycles. The van der Waals surface area contributed by atoms with Gasteiger partial charge in [0.15, 0.2) is 0 Å². The number of fused-ring (bicyclic) bond motifs is 1. The Morgan fingerprint density at radius 2 is 1.42 bits per heavy atom. The van der Waals surface area contributed by atoms with Crippen LogP contribution in [0, 0.1) is 12.8 Å².